The number of hydrogen-bond donors (Lipinski definition) is 2. The number of ether oxygens (including phenoxy) is 1. The Hall–Kier alpha value is -2.67. The first kappa shape index (κ1) is 25.6. The van der Waals surface area contributed by atoms with E-state index in [1.807, 2.05) is 48.2 Å². The van der Waals surface area contributed by atoms with Crippen LogP contribution >= 0.6 is 0 Å². The summed E-state index contributed by atoms with van der Waals surface area (Å²) in [6, 6.07) is 7.05. The predicted octanol–water partition coefficient (Wildman–Crippen LogP) is 4.50. The number of nitrogens with zero attached hydrogens (tertiary/aromatic N) is 1. The number of nitrogens with one attached hydrogen (secondary N) is 2. The molecule has 0 aromatic heterocycles. The first-order chi connectivity index (χ1) is 18.4. The number of benzene rings is 1. The van der Waals surface area contributed by atoms with Crippen molar-refractivity contribution in [3.63, 3.8) is 0 Å². The second-order valence-electron chi connectivity index (χ2n) is 12.3. The maximum Gasteiger partial charge on any atom is 0.246 e. The van der Waals surface area contributed by atoms with Crippen molar-refractivity contribution in [3.8, 4) is 0 Å². The Kier molecular flexibility index (Phi) is 6.83. The number of likely N-dealkylation sites (tertiary alicyclic amines) is 1. The lowest BCUT2D eigenvalue weighted by Gasteiger charge is -2.38. The number of amides is 3. The molecular weight excluding hydrogens is 478 g/mol. The number of fused-ring (bicyclic) bond motifs is 1. The average molecular weight is 520 g/mol. The second kappa shape index (κ2) is 10.1. The standard InChI is InChI=1S/C31H41N3O4/c1-19-10-9-12-21(18-19)32-28(35)25-24-16-17-31(38-24)26(25)30(37)34(22-13-5-3-4-6-14-22)27(31)29(36)33-23-15-8-7-11-20(23)2/h9-10,12,16-18,20,22-27H,3-8,11,13-15H2,1-2H3,(H,32,35)(H,33,36)/t20-,23-,24+,25-,26+,27+,31+/m0/s1. The van der Waals surface area contributed by atoms with Gasteiger partial charge in [-0.05, 0) is 56.2 Å². The molecule has 5 aliphatic rings. The third-order valence-electron chi connectivity index (χ3n) is 9.81. The highest BCUT2D eigenvalue weighted by Crippen LogP contribution is 2.56. The molecule has 2 aliphatic carbocycles. The van der Waals surface area contributed by atoms with Crippen LogP contribution in [0.15, 0.2) is 36.4 Å². The molecule has 1 aromatic rings. The number of carbonyl (C=O) groups is 3. The van der Waals surface area contributed by atoms with E-state index < -0.39 is 29.6 Å². The summed E-state index contributed by atoms with van der Waals surface area (Å²) in [7, 11) is 0. The van der Waals surface area contributed by atoms with E-state index in [0.717, 1.165) is 63.4 Å². The van der Waals surface area contributed by atoms with E-state index in [9.17, 15) is 14.4 Å². The van der Waals surface area contributed by atoms with Crippen molar-refractivity contribution >= 4 is 23.4 Å². The van der Waals surface area contributed by atoms with Gasteiger partial charge in [-0.25, -0.2) is 0 Å². The van der Waals surface area contributed by atoms with Gasteiger partial charge in [0.2, 0.25) is 17.7 Å². The molecule has 0 radical (unpaired) electrons. The molecule has 0 unspecified atom stereocenters. The normalized spacial score (nSPS) is 36.7. The van der Waals surface area contributed by atoms with E-state index in [4.69, 9.17) is 4.74 Å². The van der Waals surface area contributed by atoms with E-state index in [2.05, 4.69) is 17.6 Å². The van der Waals surface area contributed by atoms with Gasteiger partial charge >= 0.3 is 0 Å². The SMILES string of the molecule is Cc1cccc(NC(=O)[C@H]2[C@H]3C=C[C@@]4(O3)[C@H]2C(=O)N(C2CCCCCC2)[C@@H]4C(=O)N[C@H]2CCCC[C@@H]2C)c1. The molecule has 204 valence electrons. The van der Waals surface area contributed by atoms with E-state index in [1.165, 1.54) is 6.42 Å². The highest BCUT2D eigenvalue weighted by molar-refractivity contribution is 6.03. The van der Waals surface area contributed by atoms with Crippen molar-refractivity contribution in [2.75, 3.05) is 5.32 Å². The maximum atomic E-state index is 14.3. The summed E-state index contributed by atoms with van der Waals surface area (Å²) in [4.78, 5) is 44.0. The van der Waals surface area contributed by atoms with Gasteiger partial charge in [0.25, 0.3) is 0 Å². The molecule has 1 spiro atoms. The van der Waals surface area contributed by atoms with E-state index in [-0.39, 0.29) is 29.8 Å². The van der Waals surface area contributed by atoms with Crippen LogP contribution in [0.2, 0.25) is 0 Å². The topological polar surface area (TPSA) is 87.7 Å². The summed E-state index contributed by atoms with van der Waals surface area (Å²) < 4.78 is 6.56. The lowest BCUT2D eigenvalue weighted by molar-refractivity contribution is -0.144. The first-order valence-corrected chi connectivity index (χ1v) is 14.8. The van der Waals surface area contributed by atoms with Gasteiger partial charge in [-0.2, -0.15) is 0 Å². The van der Waals surface area contributed by atoms with Crippen LogP contribution in [0.1, 0.15) is 76.7 Å². The third kappa shape index (κ3) is 4.27. The molecule has 7 heteroatoms. The molecule has 7 atom stereocenters. The van der Waals surface area contributed by atoms with E-state index in [0.29, 0.717) is 11.6 Å². The molecule has 2 N–H and O–H groups in total. The highest BCUT2D eigenvalue weighted by Gasteiger charge is 2.73. The van der Waals surface area contributed by atoms with Crippen LogP contribution in [0.4, 0.5) is 5.69 Å². The first-order valence-electron chi connectivity index (χ1n) is 14.8. The molecule has 38 heavy (non-hydrogen) atoms. The highest BCUT2D eigenvalue weighted by atomic mass is 16.5. The van der Waals surface area contributed by atoms with Gasteiger partial charge in [0, 0.05) is 17.8 Å². The smallest absolute Gasteiger partial charge is 0.246 e. The van der Waals surface area contributed by atoms with Crippen molar-refractivity contribution in [1.82, 2.24) is 10.2 Å². The summed E-state index contributed by atoms with van der Waals surface area (Å²) in [6.45, 7) is 4.19. The van der Waals surface area contributed by atoms with Gasteiger partial charge in [0.05, 0.1) is 17.9 Å². The van der Waals surface area contributed by atoms with Crippen molar-refractivity contribution in [1.29, 1.82) is 0 Å². The maximum absolute atomic E-state index is 14.3. The number of anilines is 1. The minimum Gasteiger partial charge on any atom is -0.359 e. The van der Waals surface area contributed by atoms with Gasteiger partial charge in [-0.3, -0.25) is 14.4 Å². The van der Waals surface area contributed by atoms with Gasteiger partial charge < -0.3 is 20.3 Å². The monoisotopic (exact) mass is 519 g/mol. The molecule has 7 nitrogen and oxygen atoms in total. The summed E-state index contributed by atoms with van der Waals surface area (Å²) in [5.41, 5.74) is 0.668. The van der Waals surface area contributed by atoms with Gasteiger partial charge in [-0.15, -0.1) is 0 Å². The fourth-order valence-corrected chi connectivity index (χ4v) is 7.88. The summed E-state index contributed by atoms with van der Waals surface area (Å²) >= 11 is 0. The molecule has 4 fully saturated rings. The minimum atomic E-state index is -1.09. The molecule has 2 saturated heterocycles. The Labute approximate surface area is 225 Å². The zero-order valence-corrected chi connectivity index (χ0v) is 22.7. The summed E-state index contributed by atoms with van der Waals surface area (Å²) in [5, 5.41) is 6.38. The number of hydrogen-bond acceptors (Lipinski definition) is 4. The van der Waals surface area contributed by atoms with Crippen molar-refractivity contribution < 1.29 is 19.1 Å². The molecular formula is C31H41N3O4. The Balaban J connectivity index is 1.33. The van der Waals surface area contributed by atoms with Crippen LogP contribution in [-0.2, 0) is 19.1 Å². The molecule has 2 saturated carbocycles. The second-order valence-corrected chi connectivity index (χ2v) is 12.3. The van der Waals surface area contributed by atoms with Crippen molar-refractivity contribution in [2.45, 2.75) is 108 Å². The quantitative estimate of drug-likeness (QED) is 0.443. The molecule has 3 heterocycles. The van der Waals surface area contributed by atoms with E-state index >= 15 is 0 Å². The van der Waals surface area contributed by atoms with Crippen LogP contribution in [0, 0.1) is 24.7 Å². The van der Waals surface area contributed by atoms with Crippen LogP contribution in [0.3, 0.4) is 0 Å². The average Bonchev–Trinajstić information content (AvgIpc) is 3.44. The Morgan fingerprint density at radius 3 is 2.47 bits per heavy atom. The predicted molar refractivity (Wildman–Crippen MR) is 145 cm³/mol. The van der Waals surface area contributed by atoms with Crippen LogP contribution in [0.25, 0.3) is 0 Å². The summed E-state index contributed by atoms with van der Waals surface area (Å²) in [5.74, 6) is -1.36. The van der Waals surface area contributed by atoms with Gasteiger partial charge in [0.15, 0.2) is 0 Å². The zero-order chi connectivity index (χ0) is 26.4. The number of carbonyl (C=O) groups excluding carboxylic acids is 3. The molecule has 3 amide bonds. The summed E-state index contributed by atoms with van der Waals surface area (Å²) in [6.07, 6.45) is 13.9. The van der Waals surface area contributed by atoms with Crippen LogP contribution < -0.4 is 10.6 Å². The van der Waals surface area contributed by atoms with Crippen LogP contribution in [-0.4, -0.2) is 52.5 Å². The fraction of sp³-hybridized carbons (Fsp3) is 0.645. The number of aryl methyl sites for hydroxylation is 1. The lowest BCUT2D eigenvalue weighted by Crippen LogP contribution is -2.59. The number of rotatable bonds is 5. The zero-order valence-electron chi connectivity index (χ0n) is 22.7. The van der Waals surface area contributed by atoms with Crippen LogP contribution in [0.5, 0.6) is 0 Å². The van der Waals surface area contributed by atoms with Gasteiger partial charge in [0.1, 0.15) is 11.6 Å². The third-order valence-corrected chi connectivity index (χ3v) is 9.81. The minimum absolute atomic E-state index is 0.000962. The van der Waals surface area contributed by atoms with Gasteiger partial charge in [-0.1, -0.05) is 69.7 Å². The van der Waals surface area contributed by atoms with Crippen molar-refractivity contribution in [2.24, 2.45) is 17.8 Å². The Bertz CT molecular complexity index is 1130. The fourth-order valence-electron chi connectivity index (χ4n) is 7.88. The van der Waals surface area contributed by atoms with Crippen molar-refractivity contribution in [3.05, 3.63) is 42.0 Å². The molecule has 6 rings (SSSR count). The molecule has 1 aromatic carbocycles. The Morgan fingerprint density at radius 1 is 1.00 bits per heavy atom. The molecule has 2 bridgehead atoms. The largest absolute Gasteiger partial charge is 0.359 e. The Morgan fingerprint density at radius 2 is 1.74 bits per heavy atom. The lowest BCUT2D eigenvalue weighted by atomic mass is 9.74. The molecule has 3 aliphatic heterocycles. The van der Waals surface area contributed by atoms with E-state index in [1.54, 1.807) is 0 Å².